The Labute approximate surface area is 89.5 Å². The lowest BCUT2D eigenvalue weighted by atomic mass is 9.69. The highest BCUT2D eigenvalue weighted by molar-refractivity contribution is 4.80. The van der Waals surface area contributed by atoms with E-state index in [1.165, 1.54) is 38.5 Å². The van der Waals surface area contributed by atoms with E-state index < -0.39 is 0 Å². The van der Waals surface area contributed by atoms with Gasteiger partial charge in [-0.1, -0.05) is 33.6 Å². The number of nitrogens with two attached hydrogens (primary N) is 1. The fourth-order valence-electron chi connectivity index (χ4n) is 2.72. The van der Waals surface area contributed by atoms with Gasteiger partial charge in [-0.25, -0.2) is 0 Å². The summed E-state index contributed by atoms with van der Waals surface area (Å²) >= 11 is 0. The Balaban J connectivity index is 2.24. The van der Waals surface area contributed by atoms with Gasteiger partial charge in [0.25, 0.3) is 0 Å². The predicted octanol–water partition coefficient (Wildman–Crippen LogP) is 3.58. The zero-order valence-corrected chi connectivity index (χ0v) is 10.2. The van der Waals surface area contributed by atoms with Crippen molar-refractivity contribution in [3.63, 3.8) is 0 Å². The number of hydrogen-bond donors (Lipinski definition) is 1. The minimum absolute atomic E-state index is 0.527. The average Bonchev–Trinajstić information content (AvgIpc) is 2.14. The zero-order chi connectivity index (χ0) is 10.6. The molecule has 0 bridgehead atoms. The molecule has 0 aromatic carbocycles. The van der Waals surface area contributed by atoms with Gasteiger partial charge >= 0.3 is 0 Å². The molecular formula is C13H27N. The van der Waals surface area contributed by atoms with Crippen LogP contribution in [0, 0.1) is 17.3 Å². The largest absolute Gasteiger partial charge is 0.330 e. The van der Waals surface area contributed by atoms with Gasteiger partial charge in [-0.15, -0.1) is 0 Å². The van der Waals surface area contributed by atoms with Gasteiger partial charge < -0.3 is 5.73 Å². The predicted molar refractivity (Wildman–Crippen MR) is 63.2 cm³/mol. The van der Waals surface area contributed by atoms with E-state index in [0.29, 0.717) is 5.41 Å². The van der Waals surface area contributed by atoms with Gasteiger partial charge in [0.05, 0.1) is 0 Å². The van der Waals surface area contributed by atoms with Crippen LogP contribution in [0.2, 0.25) is 0 Å². The van der Waals surface area contributed by atoms with E-state index in [-0.39, 0.29) is 0 Å². The van der Waals surface area contributed by atoms with Crippen LogP contribution in [0.25, 0.3) is 0 Å². The molecule has 0 aliphatic heterocycles. The Morgan fingerprint density at radius 3 is 2.07 bits per heavy atom. The highest BCUT2D eigenvalue weighted by Gasteiger charge is 2.29. The molecule has 0 spiro atoms. The van der Waals surface area contributed by atoms with Crippen LogP contribution >= 0.6 is 0 Å². The highest BCUT2D eigenvalue weighted by atomic mass is 14.5. The maximum Gasteiger partial charge on any atom is -0.00772 e. The van der Waals surface area contributed by atoms with E-state index in [9.17, 15) is 0 Å². The number of rotatable bonds is 3. The molecule has 1 fully saturated rings. The molecule has 0 heterocycles. The third-order valence-corrected chi connectivity index (χ3v) is 3.89. The fourth-order valence-corrected chi connectivity index (χ4v) is 2.72. The van der Waals surface area contributed by atoms with Crippen molar-refractivity contribution in [1.29, 1.82) is 0 Å². The Morgan fingerprint density at radius 1 is 1.07 bits per heavy atom. The van der Waals surface area contributed by atoms with Gasteiger partial charge in [0.15, 0.2) is 0 Å². The van der Waals surface area contributed by atoms with E-state index >= 15 is 0 Å². The van der Waals surface area contributed by atoms with E-state index in [1.54, 1.807) is 0 Å². The standard InChI is InChI=1S/C13H27N/c1-13(2,3)12-8-6-11(7-9-12)5-4-10-14/h11-12H,4-10,14H2,1-3H3. The molecule has 0 radical (unpaired) electrons. The summed E-state index contributed by atoms with van der Waals surface area (Å²) in [5.41, 5.74) is 6.07. The van der Waals surface area contributed by atoms with Gasteiger partial charge in [-0.3, -0.25) is 0 Å². The Bertz CT molecular complexity index is 149. The van der Waals surface area contributed by atoms with Crippen LogP contribution in [-0.4, -0.2) is 6.54 Å². The summed E-state index contributed by atoms with van der Waals surface area (Å²) in [5, 5.41) is 0. The molecule has 0 aromatic rings. The first-order chi connectivity index (χ1) is 6.54. The quantitative estimate of drug-likeness (QED) is 0.735. The van der Waals surface area contributed by atoms with Crippen LogP contribution in [-0.2, 0) is 0 Å². The first kappa shape index (κ1) is 12.0. The molecule has 84 valence electrons. The monoisotopic (exact) mass is 197 g/mol. The molecule has 1 heteroatoms. The summed E-state index contributed by atoms with van der Waals surface area (Å²) in [6.07, 6.45) is 8.37. The van der Waals surface area contributed by atoms with Gasteiger partial charge in [-0.05, 0) is 49.5 Å². The van der Waals surface area contributed by atoms with Crippen LogP contribution in [0.4, 0.5) is 0 Å². The van der Waals surface area contributed by atoms with Crippen molar-refractivity contribution in [2.75, 3.05) is 6.54 Å². The minimum Gasteiger partial charge on any atom is -0.330 e. The average molecular weight is 197 g/mol. The third kappa shape index (κ3) is 3.61. The van der Waals surface area contributed by atoms with Crippen LogP contribution in [0.15, 0.2) is 0 Å². The normalized spacial score (nSPS) is 29.1. The zero-order valence-electron chi connectivity index (χ0n) is 10.2. The lowest BCUT2D eigenvalue weighted by molar-refractivity contribution is 0.146. The summed E-state index contributed by atoms with van der Waals surface area (Å²) in [6.45, 7) is 8.03. The second-order valence-electron chi connectivity index (χ2n) is 6.01. The Hall–Kier alpha value is -0.0400. The second-order valence-corrected chi connectivity index (χ2v) is 6.01. The third-order valence-electron chi connectivity index (χ3n) is 3.89. The fraction of sp³-hybridized carbons (Fsp3) is 1.00. The van der Waals surface area contributed by atoms with E-state index in [1.807, 2.05) is 0 Å². The Morgan fingerprint density at radius 2 is 1.64 bits per heavy atom. The maximum absolute atomic E-state index is 5.54. The van der Waals surface area contributed by atoms with E-state index in [2.05, 4.69) is 20.8 Å². The molecule has 0 amide bonds. The lowest BCUT2D eigenvalue weighted by Crippen LogP contribution is -2.26. The molecule has 2 N–H and O–H groups in total. The molecule has 1 rings (SSSR count). The van der Waals surface area contributed by atoms with E-state index in [0.717, 1.165) is 18.4 Å². The minimum atomic E-state index is 0.527. The van der Waals surface area contributed by atoms with Crippen molar-refractivity contribution in [3.05, 3.63) is 0 Å². The maximum atomic E-state index is 5.54. The van der Waals surface area contributed by atoms with Gasteiger partial charge in [-0.2, -0.15) is 0 Å². The molecule has 0 atom stereocenters. The van der Waals surface area contributed by atoms with Crippen molar-refractivity contribution in [1.82, 2.24) is 0 Å². The summed E-state index contributed by atoms with van der Waals surface area (Å²) in [4.78, 5) is 0. The molecule has 1 saturated carbocycles. The summed E-state index contributed by atoms with van der Waals surface area (Å²) in [7, 11) is 0. The van der Waals surface area contributed by atoms with Crippen molar-refractivity contribution in [2.24, 2.45) is 23.0 Å². The molecule has 1 aliphatic rings. The Kier molecular flexibility index (Phi) is 4.43. The van der Waals surface area contributed by atoms with Crippen LogP contribution < -0.4 is 5.73 Å². The van der Waals surface area contributed by atoms with Crippen molar-refractivity contribution < 1.29 is 0 Å². The molecule has 0 unspecified atom stereocenters. The summed E-state index contributed by atoms with van der Waals surface area (Å²) in [6, 6.07) is 0. The molecule has 14 heavy (non-hydrogen) atoms. The smallest absolute Gasteiger partial charge is 0.00772 e. The van der Waals surface area contributed by atoms with Crippen LogP contribution in [0.1, 0.15) is 59.3 Å². The highest BCUT2D eigenvalue weighted by Crippen LogP contribution is 2.40. The molecule has 1 aliphatic carbocycles. The number of hydrogen-bond acceptors (Lipinski definition) is 1. The first-order valence-electron chi connectivity index (χ1n) is 6.24. The van der Waals surface area contributed by atoms with E-state index in [4.69, 9.17) is 5.73 Å². The topological polar surface area (TPSA) is 26.0 Å². The van der Waals surface area contributed by atoms with Crippen molar-refractivity contribution in [3.8, 4) is 0 Å². The molecule has 1 nitrogen and oxygen atoms in total. The van der Waals surface area contributed by atoms with Gasteiger partial charge in [0, 0.05) is 0 Å². The summed E-state index contributed by atoms with van der Waals surface area (Å²) < 4.78 is 0. The van der Waals surface area contributed by atoms with Crippen LogP contribution in [0.3, 0.4) is 0 Å². The summed E-state index contributed by atoms with van der Waals surface area (Å²) in [5.74, 6) is 1.94. The van der Waals surface area contributed by atoms with Crippen LogP contribution in [0.5, 0.6) is 0 Å². The lowest BCUT2D eigenvalue weighted by Gasteiger charge is -2.37. The van der Waals surface area contributed by atoms with Gasteiger partial charge in [0.1, 0.15) is 0 Å². The molecule has 0 saturated heterocycles. The molecule has 0 aromatic heterocycles. The molecular weight excluding hydrogens is 170 g/mol. The second kappa shape index (κ2) is 5.16. The van der Waals surface area contributed by atoms with Crippen molar-refractivity contribution >= 4 is 0 Å². The first-order valence-corrected chi connectivity index (χ1v) is 6.24. The van der Waals surface area contributed by atoms with Gasteiger partial charge in [0.2, 0.25) is 0 Å². The van der Waals surface area contributed by atoms with Crippen molar-refractivity contribution in [2.45, 2.75) is 59.3 Å². The SMILES string of the molecule is CC(C)(C)C1CCC(CCCN)CC1.